The average molecular weight is 291 g/mol. The second kappa shape index (κ2) is 6.91. The number of aryl methyl sites for hydroxylation is 1. The number of amides is 1. The number of nitrogen functional groups attached to an aromatic ring is 1. The number of carbonyl (C=O) groups excluding carboxylic acids is 1. The van der Waals surface area contributed by atoms with Gasteiger partial charge in [0, 0.05) is 31.1 Å². The third kappa shape index (κ3) is 4.19. The van der Waals surface area contributed by atoms with Crippen LogP contribution in [0.3, 0.4) is 0 Å². The molecule has 0 bridgehead atoms. The third-order valence-electron chi connectivity index (χ3n) is 3.97. The molecule has 5 nitrogen and oxygen atoms in total. The molecular weight excluding hydrogens is 266 g/mol. The van der Waals surface area contributed by atoms with Crippen molar-refractivity contribution in [2.24, 2.45) is 0 Å². The Hall–Kier alpha value is -1.59. The number of hydrogen-bond donors (Lipinski definition) is 2. The van der Waals surface area contributed by atoms with Gasteiger partial charge in [-0.2, -0.15) is 0 Å². The normalized spacial score (nSPS) is 16.0. The Balaban J connectivity index is 2.02. The maximum absolute atomic E-state index is 12.5. The predicted octanol–water partition coefficient (Wildman–Crippen LogP) is 2.02. The number of ether oxygens (including phenoxy) is 1. The molecule has 0 aromatic heterocycles. The van der Waals surface area contributed by atoms with Gasteiger partial charge in [-0.15, -0.1) is 0 Å². The fourth-order valence-corrected chi connectivity index (χ4v) is 2.46. The number of benzene rings is 1. The summed E-state index contributed by atoms with van der Waals surface area (Å²) in [7, 11) is 1.69. The second-order valence-corrected chi connectivity index (χ2v) is 5.70. The van der Waals surface area contributed by atoms with Crippen molar-refractivity contribution < 1.29 is 9.53 Å². The van der Waals surface area contributed by atoms with E-state index in [0.717, 1.165) is 17.8 Å². The Morgan fingerprint density at radius 3 is 2.86 bits per heavy atom. The molecule has 5 heteroatoms. The SMILES string of the molecule is COCCN(C1CC1)C(C)C(=O)Nc1cc(N)ccc1C. The van der Waals surface area contributed by atoms with E-state index in [1.54, 1.807) is 13.2 Å². The highest BCUT2D eigenvalue weighted by Gasteiger charge is 2.34. The highest BCUT2D eigenvalue weighted by Crippen LogP contribution is 2.29. The van der Waals surface area contributed by atoms with Crippen molar-refractivity contribution in [3.63, 3.8) is 0 Å². The molecule has 0 heterocycles. The van der Waals surface area contributed by atoms with Crippen molar-refractivity contribution in [3.05, 3.63) is 23.8 Å². The zero-order valence-electron chi connectivity index (χ0n) is 13.1. The Kier molecular flexibility index (Phi) is 5.20. The number of nitrogens with zero attached hydrogens (tertiary/aromatic N) is 1. The zero-order chi connectivity index (χ0) is 15.4. The smallest absolute Gasteiger partial charge is 0.241 e. The van der Waals surface area contributed by atoms with E-state index in [0.29, 0.717) is 18.3 Å². The van der Waals surface area contributed by atoms with Gasteiger partial charge in [0.1, 0.15) is 0 Å². The topological polar surface area (TPSA) is 67.6 Å². The van der Waals surface area contributed by atoms with Crippen LogP contribution in [0.1, 0.15) is 25.3 Å². The summed E-state index contributed by atoms with van der Waals surface area (Å²) in [4.78, 5) is 14.7. The van der Waals surface area contributed by atoms with E-state index < -0.39 is 0 Å². The van der Waals surface area contributed by atoms with Crippen LogP contribution in [-0.4, -0.2) is 43.2 Å². The molecule has 116 valence electrons. The minimum absolute atomic E-state index is 0.00621. The molecule has 1 aromatic rings. The number of methoxy groups -OCH3 is 1. The molecule has 1 amide bonds. The van der Waals surface area contributed by atoms with Gasteiger partial charge in [-0.1, -0.05) is 6.07 Å². The van der Waals surface area contributed by atoms with Crippen LogP contribution in [0.15, 0.2) is 18.2 Å². The minimum Gasteiger partial charge on any atom is -0.399 e. The number of nitrogens with two attached hydrogens (primary N) is 1. The number of rotatable bonds is 7. The van der Waals surface area contributed by atoms with Gasteiger partial charge < -0.3 is 15.8 Å². The van der Waals surface area contributed by atoms with Crippen molar-refractivity contribution in [1.29, 1.82) is 0 Å². The summed E-state index contributed by atoms with van der Waals surface area (Å²) < 4.78 is 5.14. The van der Waals surface area contributed by atoms with Crippen molar-refractivity contribution >= 4 is 17.3 Å². The Morgan fingerprint density at radius 1 is 1.52 bits per heavy atom. The molecule has 1 fully saturated rings. The summed E-state index contributed by atoms with van der Waals surface area (Å²) >= 11 is 0. The van der Waals surface area contributed by atoms with E-state index in [1.165, 1.54) is 12.8 Å². The number of anilines is 2. The summed E-state index contributed by atoms with van der Waals surface area (Å²) in [5.41, 5.74) is 8.24. The van der Waals surface area contributed by atoms with Crippen molar-refractivity contribution in [2.45, 2.75) is 38.8 Å². The summed E-state index contributed by atoms with van der Waals surface area (Å²) in [5, 5.41) is 2.99. The molecule has 1 saturated carbocycles. The van der Waals surface area contributed by atoms with Crippen molar-refractivity contribution in [2.75, 3.05) is 31.3 Å². The summed E-state index contributed by atoms with van der Waals surface area (Å²) in [6, 6.07) is 5.90. The van der Waals surface area contributed by atoms with Gasteiger partial charge in [-0.05, 0) is 44.4 Å². The van der Waals surface area contributed by atoms with E-state index in [4.69, 9.17) is 10.5 Å². The van der Waals surface area contributed by atoms with Gasteiger partial charge in [0.15, 0.2) is 0 Å². The first-order chi connectivity index (χ1) is 10.0. The molecule has 0 spiro atoms. The van der Waals surface area contributed by atoms with Crippen LogP contribution in [0.2, 0.25) is 0 Å². The van der Waals surface area contributed by atoms with Gasteiger partial charge in [0.25, 0.3) is 0 Å². The van der Waals surface area contributed by atoms with Crippen LogP contribution in [-0.2, 0) is 9.53 Å². The molecular formula is C16H25N3O2. The number of hydrogen-bond acceptors (Lipinski definition) is 4. The molecule has 0 saturated heterocycles. The quantitative estimate of drug-likeness (QED) is 0.754. The van der Waals surface area contributed by atoms with Crippen molar-refractivity contribution in [1.82, 2.24) is 4.90 Å². The maximum Gasteiger partial charge on any atom is 0.241 e. The Bertz CT molecular complexity index is 500. The number of carbonyl (C=O) groups is 1. The fraction of sp³-hybridized carbons (Fsp3) is 0.562. The van der Waals surface area contributed by atoms with Crippen LogP contribution >= 0.6 is 0 Å². The monoisotopic (exact) mass is 291 g/mol. The first-order valence-corrected chi connectivity index (χ1v) is 7.44. The molecule has 1 unspecified atom stereocenters. The predicted molar refractivity (Wildman–Crippen MR) is 85.3 cm³/mol. The highest BCUT2D eigenvalue weighted by molar-refractivity contribution is 5.95. The average Bonchev–Trinajstić information content (AvgIpc) is 3.27. The molecule has 1 aliphatic carbocycles. The van der Waals surface area contributed by atoms with E-state index in [-0.39, 0.29) is 11.9 Å². The van der Waals surface area contributed by atoms with Crippen LogP contribution in [0, 0.1) is 6.92 Å². The summed E-state index contributed by atoms with van der Waals surface area (Å²) in [5.74, 6) is 0.00621. The Labute approximate surface area is 126 Å². The van der Waals surface area contributed by atoms with Crippen molar-refractivity contribution in [3.8, 4) is 0 Å². The molecule has 1 aliphatic rings. The maximum atomic E-state index is 12.5. The first-order valence-electron chi connectivity index (χ1n) is 7.44. The van der Waals surface area contributed by atoms with E-state index in [9.17, 15) is 4.79 Å². The molecule has 0 radical (unpaired) electrons. The number of nitrogens with one attached hydrogen (secondary N) is 1. The lowest BCUT2D eigenvalue weighted by Crippen LogP contribution is -2.45. The molecule has 1 aromatic carbocycles. The van der Waals surface area contributed by atoms with Crippen LogP contribution in [0.4, 0.5) is 11.4 Å². The lowest BCUT2D eigenvalue weighted by Gasteiger charge is -2.28. The summed E-state index contributed by atoms with van der Waals surface area (Å²) in [6.45, 7) is 5.34. The lowest BCUT2D eigenvalue weighted by molar-refractivity contribution is -0.121. The summed E-state index contributed by atoms with van der Waals surface area (Å²) in [6.07, 6.45) is 2.33. The van der Waals surface area contributed by atoms with E-state index in [1.807, 2.05) is 26.0 Å². The molecule has 1 atom stereocenters. The van der Waals surface area contributed by atoms with Crippen LogP contribution in [0.25, 0.3) is 0 Å². The lowest BCUT2D eigenvalue weighted by atomic mass is 10.1. The van der Waals surface area contributed by atoms with Gasteiger partial charge in [-0.25, -0.2) is 0 Å². The zero-order valence-corrected chi connectivity index (χ0v) is 13.1. The second-order valence-electron chi connectivity index (χ2n) is 5.70. The van der Waals surface area contributed by atoms with Crippen LogP contribution < -0.4 is 11.1 Å². The van der Waals surface area contributed by atoms with E-state index in [2.05, 4.69) is 10.2 Å². The molecule has 21 heavy (non-hydrogen) atoms. The third-order valence-corrected chi connectivity index (χ3v) is 3.97. The van der Waals surface area contributed by atoms with Gasteiger partial charge >= 0.3 is 0 Å². The molecule has 2 rings (SSSR count). The molecule has 3 N–H and O–H groups in total. The van der Waals surface area contributed by atoms with Gasteiger partial charge in [-0.3, -0.25) is 9.69 Å². The van der Waals surface area contributed by atoms with E-state index >= 15 is 0 Å². The Morgan fingerprint density at radius 2 is 2.24 bits per heavy atom. The first kappa shape index (κ1) is 15.8. The fourth-order valence-electron chi connectivity index (χ4n) is 2.46. The minimum atomic E-state index is -0.173. The van der Waals surface area contributed by atoms with Gasteiger partial charge in [0.05, 0.1) is 12.6 Å². The largest absolute Gasteiger partial charge is 0.399 e. The van der Waals surface area contributed by atoms with Crippen LogP contribution in [0.5, 0.6) is 0 Å². The molecule has 0 aliphatic heterocycles. The van der Waals surface area contributed by atoms with Gasteiger partial charge in [0.2, 0.25) is 5.91 Å². The standard InChI is InChI=1S/C16H25N3O2/c1-11-4-5-13(17)10-15(11)18-16(20)12(2)19(8-9-21-3)14-6-7-14/h4-5,10,12,14H,6-9,17H2,1-3H3,(H,18,20). The highest BCUT2D eigenvalue weighted by atomic mass is 16.5.